The van der Waals surface area contributed by atoms with Crippen LogP contribution in [-0.2, 0) is 10.2 Å². The minimum atomic E-state index is -0.468. The maximum atomic E-state index is 13.1. The first-order valence-electron chi connectivity index (χ1n) is 10.5. The average molecular weight is 399 g/mol. The van der Waals surface area contributed by atoms with E-state index in [4.69, 9.17) is 9.47 Å². The van der Waals surface area contributed by atoms with Gasteiger partial charge in [0.15, 0.2) is 11.5 Å². The van der Waals surface area contributed by atoms with E-state index < -0.39 is 5.41 Å². The summed E-state index contributed by atoms with van der Waals surface area (Å²) in [5.74, 6) is 1.96. The molecule has 4 heteroatoms. The zero-order valence-electron chi connectivity index (χ0n) is 17.3. The summed E-state index contributed by atoms with van der Waals surface area (Å²) in [6, 6.07) is 22.4. The van der Waals surface area contributed by atoms with E-state index >= 15 is 0 Å². The van der Waals surface area contributed by atoms with Gasteiger partial charge in [0.2, 0.25) is 12.7 Å². The van der Waals surface area contributed by atoms with Gasteiger partial charge in [-0.2, -0.15) is 0 Å². The van der Waals surface area contributed by atoms with Gasteiger partial charge in [0.25, 0.3) is 0 Å². The zero-order valence-corrected chi connectivity index (χ0v) is 17.3. The maximum Gasteiger partial charge on any atom is 0.235 e. The first-order chi connectivity index (χ1) is 14.6. The molecule has 1 saturated carbocycles. The highest BCUT2D eigenvalue weighted by atomic mass is 16.7. The van der Waals surface area contributed by atoms with Crippen LogP contribution in [0.2, 0.25) is 0 Å². The van der Waals surface area contributed by atoms with Crippen LogP contribution in [0.25, 0.3) is 11.1 Å². The van der Waals surface area contributed by atoms with E-state index in [-0.39, 0.29) is 12.7 Å². The second-order valence-electron chi connectivity index (χ2n) is 8.42. The van der Waals surface area contributed by atoms with Gasteiger partial charge in [0.1, 0.15) is 0 Å². The smallest absolute Gasteiger partial charge is 0.235 e. The molecule has 0 saturated heterocycles. The Hall–Kier alpha value is -3.27. The molecule has 0 spiro atoms. The van der Waals surface area contributed by atoms with E-state index in [0.717, 1.165) is 41.2 Å². The molecule has 152 valence electrons. The molecule has 1 heterocycles. The summed E-state index contributed by atoms with van der Waals surface area (Å²) in [6.07, 6.45) is 1.69. The number of nitrogens with one attached hydrogen (secondary N) is 1. The molecule has 1 aliphatic heterocycles. The average Bonchev–Trinajstić information content (AvgIpc) is 3.45. The van der Waals surface area contributed by atoms with Crippen LogP contribution < -0.4 is 14.8 Å². The topological polar surface area (TPSA) is 47.6 Å². The fraction of sp³-hybridized carbons (Fsp3) is 0.269. The summed E-state index contributed by atoms with van der Waals surface area (Å²) < 4.78 is 10.9. The monoisotopic (exact) mass is 399 g/mol. The molecule has 1 amide bonds. The Labute approximate surface area is 176 Å². The predicted octanol–water partition coefficient (Wildman–Crippen LogP) is 5.88. The van der Waals surface area contributed by atoms with Crippen molar-refractivity contribution in [3.63, 3.8) is 0 Å². The summed E-state index contributed by atoms with van der Waals surface area (Å²) in [7, 11) is 0. The minimum Gasteiger partial charge on any atom is -0.454 e. The predicted molar refractivity (Wildman–Crippen MR) is 118 cm³/mol. The first kappa shape index (κ1) is 18.7. The van der Waals surface area contributed by atoms with E-state index in [1.807, 2.05) is 30.3 Å². The Morgan fingerprint density at radius 3 is 2.40 bits per heavy atom. The van der Waals surface area contributed by atoms with Gasteiger partial charge in [0, 0.05) is 5.69 Å². The minimum absolute atomic E-state index is 0.0386. The third kappa shape index (κ3) is 3.22. The van der Waals surface area contributed by atoms with Crippen LogP contribution in [-0.4, -0.2) is 12.7 Å². The molecule has 1 aliphatic carbocycles. The molecule has 0 bridgehead atoms. The van der Waals surface area contributed by atoms with Gasteiger partial charge in [-0.3, -0.25) is 4.79 Å². The molecular weight excluding hydrogens is 374 g/mol. The van der Waals surface area contributed by atoms with Crippen molar-refractivity contribution in [3.8, 4) is 22.6 Å². The third-order valence-electron chi connectivity index (χ3n) is 6.15. The fourth-order valence-electron chi connectivity index (χ4n) is 4.21. The number of anilines is 1. The van der Waals surface area contributed by atoms with Crippen molar-refractivity contribution < 1.29 is 14.3 Å². The number of amides is 1. The van der Waals surface area contributed by atoms with Crippen molar-refractivity contribution >= 4 is 11.6 Å². The van der Waals surface area contributed by atoms with E-state index in [9.17, 15) is 4.79 Å². The molecule has 1 fully saturated rings. The number of fused-ring (bicyclic) bond motifs is 1. The largest absolute Gasteiger partial charge is 0.454 e. The van der Waals surface area contributed by atoms with Crippen molar-refractivity contribution in [3.05, 3.63) is 77.9 Å². The van der Waals surface area contributed by atoms with E-state index in [2.05, 4.69) is 55.6 Å². The van der Waals surface area contributed by atoms with Crippen LogP contribution in [0.1, 0.15) is 43.7 Å². The van der Waals surface area contributed by atoms with Gasteiger partial charge >= 0.3 is 0 Å². The Morgan fingerprint density at radius 1 is 0.933 bits per heavy atom. The highest BCUT2D eigenvalue weighted by molar-refractivity contribution is 6.01. The van der Waals surface area contributed by atoms with Crippen LogP contribution in [0.15, 0.2) is 66.7 Å². The number of ether oxygens (including phenoxy) is 2. The van der Waals surface area contributed by atoms with Crippen LogP contribution in [0, 0.1) is 0 Å². The van der Waals surface area contributed by atoms with Gasteiger partial charge in [-0.05, 0) is 65.3 Å². The SMILES string of the molecule is CC(C)c1ccccc1-c1ccc(NC(=O)C2(c3ccc4c(c3)OCO4)CC2)cc1. The normalized spacial score (nSPS) is 15.8. The molecule has 5 rings (SSSR count). The number of rotatable bonds is 5. The molecule has 3 aromatic rings. The number of carbonyl (C=O) groups is 1. The third-order valence-corrected chi connectivity index (χ3v) is 6.15. The van der Waals surface area contributed by atoms with Crippen LogP contribution in [0.3, 0.4) is 0 Å². The lowest BCUT2D eigenvalue weighted by atomic mass is 9.92. The summed E-state index contributed by atoms with van der Waals surface area (Å²) in [6.45, 7) is 4.65. The molecule has 4 nitrogen and oxygen atoms in total. The molecule has 1 N–H and O–H groups in total. The van der Waals surface area contributed by atoms with Crippen molar-refractivity contribution in [1.82, 2.24) is 0 Å². The van der Waals surface area contributed by atoms with Crippen LogP contribution >= 0.6 is 0 Å². The van der Waals surface area contributed by atoms with Crippen LogP contribution in [0.5, 0.6) is 11.5 Å². The zero-order chi connectivity index (χ0) is 20.7. The fourth-order valence-corrected chi connectivity index (χ4v) is 4.21. The highest BCUT2D eigenvalue weighted by Crippen LogP contribution is 2.51. The number of hydrogen-bond acceptors (Lipinski definition) is 3. The van der Waals surface area contributed by atoms with E-state index in [1.165, 1.54) is 11.1 Å². The lowest BCUT2D eigenvalue weighted by Gasteiger charge is -2.17. The Morgan fingerprint density at radius 2 is 1.67 bits per heavy atom. The molecule has 2 aliphatic rings. The maximum absolute atomic E-state index is 13.1. The van der Waals surface area contributed by atoms with Gasteiger partial charge in [-0.25, -0.2) is 0 Å². The summed E-state index contributed by atoms with van der Waals surface area (Å²) in [4.78, 5) is 13.1. The molecule has 0 aromatic heterocycles. The Kier molecular flexibility index (Phi) is 4.50. The Balaban J connectivity index is 1.35. The molecule has 30 heavy (non-hydrogen) atoms. The second-order valence-corrected chi connectivity index (χ2v) is 8.42. The molecule has 0 radical (unpaired) electrons. The highest BCUT2D eigenvalue weighted by Gasteiger charge is 2.51. The standard InChI is InChI=1S/C26H25NO3/c1-17(2)21-5-3-4-6-22(21)18-7-10-20(11-8-18)27-25(28)26(13-14-26)19-9-12-23-24(15-19)30-16-29-23/h3-12,15,17H,13-14,16H2,1-2H3,(H,27,28). The van der Waals surface area contributed by atoms with Gasteiger partial charge in [0.05, 0.1) is 5.41 Å². The Bertz CT molecular complexity index is 1100. The van der Waals surface area contributed by atoms with Gasteiger partial charge in [-0.1, -0.05) is 56.3 Å². The van der Waals surface area contributed by atoms with Gasteiger partial charge < -0.3 is 14.8 Å². The lowest BCUT2D eigenvalue weighted by Crippen LogP contribution is -2.27. The summed E-state index contributed by atoms with van der Waals surface area (Å²) in [5, 5.41) is 3.12. The van der Waals surface area contributed by atoms with Crippen molar-refractivity contribution in [2.75, 3.05) is 12.1 Å². The summed E-state index contributed by atoms with van der Waals surface area (Å²) >= 11 is 0. The number of benzene rings is 3. The van der Waals surface area contributed by atoms with Gasteiger partial charge in [-0.15, -0.1) is 0 Å². The quantitative estimate of drug-likeness (QED) is 0.583. The van der Waals surface area contributed by atoms with Crippen LogP contribution in [0.4, 0.5) is 5.69 Å². The second kappa shape index (κ2) is 7.21. The molecule has 0 unspecified atom stereocenters. The molecular formula is C26H25NO3. The molecule has 3 aromatic carbocycles. The van der Waals surface area contributed by atoms with E-state index in [1.54, 1.807) is 0 Å². The first-order valence-corrected chi connectivity index (χ1v) is 10.5. The van der Waals surface area contributed by atoms with Crippen molar-refractivity contribution in [1.29, 1.82) is 0 Å². The summed E-state index contributed by atoms with van der Waals surface area (Å²) in [5.41, 5.74) is 5.07. The van der Waals surface area contributed by atoms with Crippen molar-refractivity contribution in [2.45, 2.75) is 38.0 Å². The lowest BCUT2D eigenvalue weighted by molar-refractivity contribution is -0.118. The molecule has 0 atom stereocenters. The van der Waals surface area contributed by atoms with Crippen molar-refractivity contribution in [2.24, 2.45) is 0 Å². The van der Waals surface area contributed by atoms with E-state index in [0.29, 0.717) is 5.92 Å². The number of carbonyl (C=O) groups excluding carboxylic acids is 1. The number of hydrogen-bond donors (Lipinski definition) is 1.